The van der Waals surface area contributed by atoms with Crippen molar-refractivity contribution < 1.29 is 9.53 Å². The second-order valence-corrected chi connectivity index (χ2v) is 6.86. The summed E-state index contributed by atoms with van der Waals surface area (Å²) >= 11 is 0. The summed E-state index contributed by atoms with van der Waals surface area (Å²) < 4.78 is 5.03. The molecule has 1 heterocycles. The highest BCUT2D eigenvalue weighted by Crippen LogP contribution is 2.12. The molecule has 1 aromatic rings. The lowest BCUT2D eigenvalue weighted by Gasteiger charge is -2.31. The number of likely N-dealkylation sites (tertiary alicyclic amines) is 1. The molecule has 144 valence electrons. The summed E-state index contributed by atoms with van der Waals surface area (Å²) in [4.78, 5) is 20.1. The fraction of sp³-hybridized carbons (Fsp3) is 0.579. The summed E-state index contributed by atoms with van der Waals surface area (Å²) in [7, 11) is 4.11. The van der Waals surface area contributed by atoms with Gasteiger partial charge in [-0.25, -0.2) is 9.79 Å². The van der Waals surface area contributed by atoms with Crippen molar-refractivity contribution in [3.8, 4) is 0 Å². The van der Waals surface area contributed by atoms with E-state index in [1.54, 1.807) is 4.90 Å². The quantitative estimate of drug-likeness (QED) is 0.596. The number of carbonyl (C=O) groups excluding carboxylic acids is 1. The number of hydrogen-bond donors (Lipinski definition) is 2. The number of benzene rings is 1. The molecule has 0 saturated carbocycles. The summed E-state index contributed by atoms with van der Waals surface area (Å²) in [6.45, 7) is 5.05. The molecule has 0 bridgehead atoms. The van der Waals surface area contributed by atoms with E-state index in [2.05, 4.69) is 53.6 Å². The Morgan fingerprint density at radius 2 is 2.04 bits per heavy atom. The summed E-state index contributed by atoms with van der Waals surface area (Å²) in [5.74, 6) is 0.456. The Balaban J connectivity index is 1.79. The Morgan fingerprint density at radius 3 is 2.69 bits per heavy atom. The monoisotopic (exact) mass is 361 g/mol. The van der Waals surface area contributed by atoms with Crippen LogP contribution in [0.4, 0.5) is 4.79 Å². The molecular formula is C19H31N5O2. The van der Waals surface area contributed by atoms with Crippen LogP contribution in [0.5, 0.6) is 0 Å². The largest absolute Gasteiger partial charge is 0.450 e. The summed E-state index contributed by atoms with van der Waals surface area (Å²) in [5.41, 5.74) is 8.45. The Hall–Kier alpha value is -2.28. The number of guanidine groups is 1. The SMILES string of the molecule is CCOC(=O)N1CCC(NC(N)=NCc2cccc(CN(C)C)c2)CC1. The smallest absolute Gasteiger partial charge is 0.409 e. The first-order chi connectivity index (χ1) is 12.5. The van der Waals surface area contributed by atoms with Gasteiger partial charge in [-0.15, -0.1) is 0 Å². The zero-order valence-corrected chi connectivity index (χ0v) is 16.1. The van der Waals surface area contributed by atoms with Crippen LogP contribution in [0, 0.1) is 0 Å². The van der Waals surface area contributed by atoms with Gasteiger partial charge in [-0.2, -0.15) is 0 Å². The Labute approximate surface area is 156 Å². The maximum atomic E-state index is 11.7. The number of ether oxygens (including phenoxy) is 1. The molecule has 3 N–H and O–H groups in total. The van der Waals surface area contributed by atoms with Gasteiger partial charge in [0.25, 0.3) is 0 Å². The first-order valence-corrected chi connectivity index (χ1v) is 9.18. The van der Waals surface area contributed by atoms with Crippen LogP contribution in [0.2, 0.25) is 0 Å². The fourth-order valence-corrected chi connectivity index (χ4v) is 3.04. The van der Waals surface area contributed by atoms with Gasteiger partial charge in [-0.1, -0.05) is 24.3 Å². The molecular weight excluding hydrogens is 330 g/mol. The van der Waals surface area contributed by atoms with Crippen molar-refractivity contribution in [3.05, 3.63) is 35.4 Å². The van der Waals surface area contributed by atoms with Gasteiger partial charge in [0.1, 0.15) is 0 Å². The summed E-state index contributed by atoms with van der Waals surface area (Å²) in [5, 5.41) is 3.27. The predicted octanol–water partition coefficient (Wildman–Crippen LogP) is 1.77. The van der Waals surface area contributed by atoms with Gasteiger partial charge in [0.05, 0.1) is 13.2 Å². The minimum absolute atomic E-state index is 0.231. The van der Waals surface area contributed by atoms with Crippen LogP contribution < -0.4 is 11.1 Å². The van der Waals surface area contributed by atoms with Crippen LogP contribution in [0.15, 0.2) is 29.3 Å². The minimum Gasteiger partial charge on any atom is -0.450 e. The van der Waals surface area contributed by atoms with E-state index in [1.807, 2.05) is 6.92 Å². The van der Waals surface area contributed by atoms with Crippen molar-refractivity contribution in [2.24, 2.45) is 10.7 Å². The third-order valence-corrected chi connectivity index (χ3v) is 4.30. The molecule has 2 rings (SSSR count). The highest BCUT2D eigenvalue weighted by Gasteiger charge is 2.23. The molecule has 0 spiro atoms. The van der Waals surface area contributed by atoms with Crippen LogP contribution in [0.25, 0.3) is 0 Å². The molecule has 0 atom stereocenters. The molecule has 7 heteroatoms. The number of nitrogens with two attached hydrogens (primary N) is 1. The van der Waals surface area contributed by atoms with Crippen molar-refractivity contribution in [1.29, 1.82) is 0 Å². The number of carbonyl (C=O) groups is 1. The van der Waals surface area contributed by atoms with Gasteiger partial charge in [-0.05, 0) is 45.0 Å². The van der Waals surface area contributed by atoms with Crippen LogP contribution in [0.1, 0.15) is 30.9 Å². The number of rotatable bonds is 6. The molecule has 1 aliphatic rings. The van der Waals surface area contributed by atoms with E-state index >= 15 is 0 Å². The zero-order valence-electron chi connectivity index (χ0n) is 16.1. The third kappa shape index (κ3) is 6.55. The maximum Gasteiger partial charge on any atom is 0.409 e. The standard InChI is InChI=1S/C19H31N5O2/c1-4-26-19(25)24-10-8-17(9-11-24)22-18(20)21-13-15-6-5-7-16(12-15)14-23(2)3/h5-7,12,17H,4,8-11,13-14H2,1-3H3,(H3,20,21,22). The van der Waals surface area contributed by atoms with Gasteiger partial charge in [-0.3, -0.25) is 0 Å². The molecule has 0 unspecified atom stereocenters. The van der Waals surface area contributed by atoms with E-state index in [1.165, 1.54) is 5.56 Å². The number of aliphatic imine (C=N–C) groups is 1. The lowest BCUT2D eigenvalue weighted by atomic mass is 10.1. The van der Waals surface area contributed by atoms with E-state index in [0.29, 0.717) is 32.2 Å². The Morgan fingerprint density at radius 1 is 1.35 bits per heavy atom. The Bertz CT molecular complexity index is 610. The van der Waals surface area contributed by atoms with Crippen LogP contribution in [0.3, 0.4) is 0 Å². The van der Waals surface area contributed by atoms with Gasteiger partial charge >= 0.3 is 6.09 Å². The van der Waals surface area contributed by atoms with Gasteiger partial charge in [0.15, 0.2) is 5.96 Å². The van der Waals surface area contributed by atoms with Crippen LogP contribution in [-0.2, 0) is 17.8 Å². The van der Waals surface area contributed by atoms with Crippen molar-refractivity contribution in [2.75, 3.05) is 33.8 Å². The number of nitrogens with zero attached hydrogens (tertiary/aromatic N) is 3. The van der Waals surface area contributed by atoms with Gasteiger partial charge < -0.3 is 25.6 Å². The zero-order chi connectivity index (χ0) is 18.9. The molecule has 0 aromatic heterocycles. The normalized spacial score (nSPS) is 16.0. The second-order valence-electron chi connectivity index (χ2n) is 6.86. The van der Waals surface area contributed by atoms with Gasteiger partial charge in [0.2, 0.25) is 0 Å². The van der Waals surface area contributed by atoms with Crippen LogP contribution in [-0.4, -0.2) is 61.7 Å². The van der Waals surface area contributed by atoms with E-state index in [-0.39, 0.29) is 12.1 Å². The fourth-order valence-electron chi connectivity index (χ4n) is 3.04. The molecule has 7 nitrogen and oxygen atoms in total. The van der Waals surface area contributed by atoms with Crippen molar-refractivity contribution in [2.45, 2.75) is 38.9 Å². The average Bonchev–Trinajstić information content (AvgIpc) is 2.60. The van der Waals surface area contributed by atoms with Gasteiger partial charge in [0, 0.05) is 25.7 Å². The van der Waals surface area contributed by atoms with Crippen LogP contribution >= 0.6 is 0 Å². The Kier molecular flexibility index (Phi) is 7.72. The van der Waals surface area contributed by atoms with Crippen molar-refractivity contribution >= 4 is 12.1 Å². The summed E-state index contributed by atoms with van der Waals surface area (Å²) in [6.07, 6.45) is 1.45. The molecule has 1 saturated heterocycles. The number of piperidine rings is 1. The third-order valence-electron chi connectivity index (χ3n) is 4.30. The first-order valence-electron chi connectivity index (χ1n) is 9.18. The lowest BCUT2D eigenvalue weighted by molar-refractivity contribution is 0.0963. The van der Waals surface area contributed by atoms with E-state index in [4.69, 9.17) is 10.5 Å². The number of amides is 1. The van der Waals surface area contributed by atoms with E-state index in [9.17, 15) is 4.79 Å². The average molecular weight is 361 g/mol. The summed E-state index contributed by atoms with van der Waals surface area (Å²) in [6, 6.07) is 8.64. The molecule has 0 radical (unpaired) electrons. The predicted molar refractivity (Wildman–Crippen MR) is 104 cm³/mol. The molecule has 0 aliphatic carbocycles. The maximum absolute atomic E-state index is 11.7. The molecule has 1 aromatic carbocycles. The molecule has 1 aliphatic heterocycles. The second kappa shape index (κ2) is 10.0. The first kappa shape index (κ1) is 20.0. The highest BCUT2D eigenvalue weighted by atomic mass is 16.6. The molecule has 26 heavy (non-hydrogen) atoms. The number of nitrogens with one attached hydrogen (secondary N) is 1. The van der Waals surface area contributed by atoms with Crippen molar-refractivity contribution in [1.82, 2.24) is 15.1 Å². The molecule has 1 fully saturated rings. The minimum atomic E-state index is -0.231. The topological polar surface area (TPSA) is 83.2 Å². The molecule has 1 amide bonds. The lowest BCUT2D eigenvalue weighted by Crippen LogP contribution is -2.48. The van der Waals surface area contributed by atoms with E-state index in [0.717, 1.165) is 24.9 Å². The number of hydrogen-bond acceptors (Lipinski definition) is 4. The van der Waals surface area contributed by atoms with E-state index < -0.39 is 0 Å². The highest BCUT2D eigenvalue weighted by molar-refractivity contribution is 5.78. The van der Waals surface area contributed by atoms with Crippen molar-refractivity contribution in [3.63, 3.8) is 0 Å².